The topological polar surface area (TPSA) is 0 Å². The third-order valence-corrected chi connectivity index (χ3v) is 0.781. The standard InChI is InChI=1S/C6H13.Mg.2H/c1-4-5-6(2)3;;;/h6H,1,4-5H2,2-3H3;;;. The van der Waals surface area contributed by atoms with Crippen molar-refractivity contribution in [2.75, 3.05) is 0 Å². The molecule has 1 heteroatoms. The summed E-state index contributed by atoms with van der Waals surface area (Å²) in [6, 6.07) is 0. The molecule has 0 heterocycles. The fraction of sp³-hybridized carbons (Fsp3) is 0.833. The van der Waals surface area contributed by atoms with Crippen LogP contribution in [0, 0.1) is 12.8 Å². The van der Waals surface area contributed by atoms with Crippen molar-refractivity contribution >= 4 is 23.1 Å². The van der Waals surface area contributed by atoms with E-state index >= 15 is 0 Å². The first kappa shape index (κ1) is 10.7. The van der Waals surface area contributed by atoms with Crippen LogP contribution in [0.4, 0.5) is 0 Å². The molecule has 7 heavy (non-hydrogen) atoms. The zero-order chi connectivity index (χ0) is 4.99. The molecule has 0 aromatic carbocycles. The average Bonchev–Trinajstić information content (AvgIpc) is 1.35. The van der Waals surface area contributed by atoms with E-state index in [2.05, 4.69) is 20.8 Å². The Labute approximate surface area is 62.8 Å². The molecule has 0 aliphatic carbocycles. The molecule has 0 bridgehead atoms. The molecule has 41 valence electrons. The van der Waals surface area contributed by atoms with Crippen LogP contribution in [-0.2, 0) is 0 Å². The number of hydrogen-bond acceptors (Lipinski definition) is 0. The summed E-state index contributed by atoms with van der Waals surface area (Å²) in [4.78, 5) is 0. The smallest absolute Gasteiger partial charge is 0.0628 e. The summed E-state index contributed by atoms with van der Waals surface area (Å²) in [6.07, 6.45) is 2.34. The maximum absolute atomic E-state index is 3.73. The minimum Gasteiger partial charge on any atom is -0.0628 e. The number of hydrogen-bond donors (Lipinski definition) is 0. The van der Waals surface area contributed by atoms with E-state index in [1.165, 1.54) is 6.42 Å². The van der Waals surface area contributed by atoms with Gasteiger partial charge in [-0.2, -0.15) is 0 Å². The highest BCUT2D eigenvalue weighted by atomic mass is 24.3. The molecule has 0 unspecified atom stereocenters. The van der Waals surface area contributed by atoms with Gasteiger partial charge in [0.05, 0.1) is 0 Å². The van der Waals surface area contributed by atoms with Gasteiger partial charge in [-0.05, 0) is 5.92 Å². The highest BCUT2D eigenvalue weighted by molar-refractivity contribution is 5.75. The van der Waals surface area contributed by atoms with E-state index in [0.29, 0.717) is 0 Å². The Balaban J connectivity index is 0. The summed E-state index contributed by atoms with van der Waals surface area (Å²) in [6.45, 7) is 8.15. The van der Waals surface area contributed by atoms with Crippen molar-refractivity contribution in [2.45, 2.75) is 26.7 Å². The molecule has 0 aromatic heterocycles. The second-order valence-electron chi connectivity index (χ2n) is 2.04. The molecule has 1 radical (unpaired) electrons. The van der Waals surface area contributed by atoms with Gasteiger partial charge in [0.25, 0.3) is 0 Å². The van der Waals surface area contributed by atoms with Crippen LogP contribution in [-0.4, -0.2) is 23.1 Å². The summed E-state index contributed by atoms with van der Waals surface area (Å²) in [5.41, 5.74) is 0. The Hall–Kier alpha value is 0.766. The van der Waals surface area contributed by atoms with Crippen molar-refractivity contribution in [3.8, 4) is 0 Å². The SMILES string of the molecule is [CH2]CCC(C)C.[MgH2]. The predicted molar refractivity (Wildman–Crippen MR) is 38.0 cm³/mol. The molecular weight excluding hydrogens is 96.4 g/mol. The van der Waals surface area contributed by atoms with Crippen molar-refractivity contribution in [3.63, 3.8) is 0 Å². The van der Waals surface area contributed by atoms with Crippen molar-refractivity contribution in [2.24, 2.45) is 5.92 Å². The van der Waals surface area contributed by atoms with Crippen LogP contribution in [0.15, 0.2) is 0 Å². The highest BCUT2D eigenvalue weighted by Gasteiger charge is 1.85. The molecule has 0 saturated heterocycles. The second-order valence-corrected chi connectivity index (χ2v) is 2.04. The lowest BCUT2D eigenvalue weighted by Crippen LogP contribution is -1.81. The molecule has 0 nitrogen and oxygen atoms in total. The Morgan fingerprint density at radius 3 is 1.86 bits per heavy atom. The van der Waals surface area contributed by atoms with Crippen LogP contribution in [0.1, 0.15) is 26.7 Å². The van der Waals surface area contributed by atoms with Gasteiger partial charge < -0.3 is 0 Å². The largest absolute Gasteiger partial charge is 0.316 e. The number of rotatable bonds is 2. The predicted octanol–water partition coefficient (Wildman–Crippen LogP) is 1.34. The summed E-state index contributed by atoms with van der Waals surface area (Å²) in [5.74, 6) is 0.836. The van der Waals surface area contributed by atoms with E-state index in [-0.39, 0.29) is 23.1 Å². The van der Waals surface area contributed by atoms with Gasteiger partial charge in [0, 0.05) is 0 Å². The van der Waals surface area contributed by atoms with Crippen molar-refractivity contribution in [1.29, 1.82) is 0 Å². The minimum atomic E-state index is 0. The van der Waals surface area contributed by atoms with Crippen LogP contribution < -0.4 is 0 Å². The van der Waals surface area contributed by atoms with E-state index < -0.39 is 0 Å². The third-order valence-electron chi connectivity index (χ3n) is 0.781. The Kier molecular flexibility index (Phi) is 10.3. The summed E-state index contributed by atoms with van der Waals surface area (Å²) in [7, 11) is 0. The minimum absolute atomic E-state index is 0. The summed E-state index contributed by atoms with van der Waals surface area (Å²) >= 11 is 0. The maximum atomic E-state index is 3.73. The van der Waals surface area contributed by atoms with Gasteiger partial charge >= 0.3 is 23.1 Å². The first-order chi connectivity index (χ1) is 2.77. The summed E-state index contributed by atoms with van der Waals surface area (Å²) in [5, 5.41) is 0. The average molecular weight is 111 g/mol. The maximum Gasteiger partial charge on any atom is 0.316 e. The fourth-order valence-corrected chi connectivity index (χ4v) is 0.408. The molecule has 0 aromatic rings. The van der Waals surface area contributed by atoms with Gasteiger partial charge in [-0.3, -0.25) is 0 Å². The van der Waals surface area contributed by atoms with Crippen LogP contribution >= 0.6 is 0 Å². The first-order valence-corrected chi connectivity index (χ1v) is 2.56. The molecule has 0 aliphatic rings. The zero-order valence-electron chi connectivity index (χ0n) is 4.70. The Morgan fingerprint density at radius 1 is 1.43 bits per heavy atom. The van der Waals surface area contributed by atoms with Gasteiger partial charge in [0.2, 0.25) is 0 Å². The van der Waals surface area contributed by atoms with Gasteiger partial charge in [0.1, 0.15) is 0 Å². The highest BCUT2D eigenvalue weighted by Crippen LogP contribution is 2.00. The molecule has 0 saturated carbocycles. The lowest BCUT2D eigenvalue weighted by atomic mass is 10.1. The van der Waals surface area contributed by atoms with Crippen LogP contribution in [0.5, 0.6) is 0 Å². The van der Waals surface area contributed by atoms with Crippen molar-refractivity contribution in [3.05, 3.63) is 6.92 Å². The van der Waals surface area contributed by atoms with E-state index in [4.69, 9.17) is 0 Å². The lowest BCUT2D eigenvalue weighted by molar-refractivity contribution is 0.593. The monoisotopic (exact) mass is 111 g/mol. The molecule has 0 amide bonds. The molecule has 0 rings (SSSR count). The molecular formula is C6H15Mg. The van der Waals surface area contributed by atoms with Crippen LogP contribution in [0.3, 0.4) is 0 Å². The van der Waals surface area contributed by atoms with E-state index in [1.54, 1.807) is 0 Å². The zero-order valence-corrected chi connectivity index (χ0v) is 4.70. The van der Waals surface area contributed by atoms with Crippen LogP contribution in [0.25, 0.3) is 0 Å². The van der Waals surface area contributed by atoms with E-state index in [1.807, 2.05) is 0 Å². The van der Waals surface area contributed by atoms with Gasteiger partial charge in [-0.15, -0.1) is 0 Å². The quantitative estimate of drug-likeness (QED) is 0.472. The first-order valence-electron chi connectivity index (χ1n) is 2.56. The fourth-order valence-electron chi connectivity index (χ4n) is 0.408. The summed E-state index contributed by atoms with van der Waals surface area (Å²) < 4.78 is 0. The van der Waals surface area contributed by atoms with E-state index in [9.17, 15) is 0 Å². The molecule has 0 N–H and O–H groups in total. The Morgan fingerprint density at radius 2 is 1.86 bits per heavy atom. The van der Waals surface area contributed by atoms with Crippen molar-refractivity contribution in [1.82, 2.24) is 0 Å². The third kappa shape index (κ3) is 10.8. The van der Waals surface area contributed by atoms with Crippen molar-refractivity contribution < 1.29 is 0 Å². The van der Waals surface area contributed by atoms with Gasteiger partial charge in [-0.1, -0.05) is 33.6 Å². The lowest BCUT2D eigenvalue weighted by Gasteiger charge is -1.95. The van der Waals surface area contributed by atoms with Gasteiger partial charge in [-0.25, -0.2) is 0 Å². The molecule has 0 spiro atoms. The normalized spacial score (nSPS) is 8.57. The molecule has 0 aliphatic heterocycles. The molecule has 0 fully saturated rings. The second kappa shape index (κ2) is 6.77. The Bertz CT molecular complexity index is 25.4. The van der Waals surface area contributed by atoms with Crippen LogP contribution in [0.2, 0.25) is 0 Å². The van der Waals surface area contributed by atoms with E-state index in [0.717, 1.165) is 12.3 Å². The van der Waals surface area contributed by atoms with Gasteiger partial charge in [0.15, 0.2) is 0 Å². The molecule has 0 atom stereocenters.